The maximum absolute atomic E-state index is 13.5. The van der Waals surface area contributed by atoms with Crippen molar-refractivity contribution in [3.8, 4) is 5.75 Å². The molecule has 3 rings (SSSR count). The average molecular weight is 523 g/mol. The molecule has 1 aliphatic rings. The summed E-state index contributed by atoms with van der Waals surface area (Å²) in [6.45, 7) is 4.09. The van der Waals surface area contributed by atoms with E-state index in [1.807, 2.05) is 38.1 Å². The van der Waals surface area contributed by atoms with Crippen LogP contribution in [0.5, 0.6) is 5.75 Å². The van der Waals surface area contributed by atoms with Crippen LogP contribution >= 0.6 is 15.9 Å². The summed E-state index contributed by atoms with van der Waals surface area (Å²) in [7, 11) is -3.83. The topological polar surface area (TPSA) is 75.7 Å². The van der Waals surface area contributed by atoms with E-state index in [0.717, 1.165) is 42.1 Å². The minimum atomic E-state index is -3.83. The molecule has 8 heteroatoms. The number of halogens is 1. The number of benzene rings is 2. The third kappa shape index (κ3) is 6.33. The fraction of sp³-hybridized carbons (Fsp3) is 0.458. The molecule has 0 radical (unpaired) electrons. The Balaban J connectivity index is 1.79. The van der Waals surface area contributed by atoms with Gasteiger partial charge in [-0.1, -0.05) is 47.3 Å². The molecule has 0 saturated heterocycles. The number of ether oxygens (including phenoxy) is 1. The molecule has 1 N–H and O–H groups in total. The SMILES string of the molecule is CCOc1ccc(S(=O)(=O)N(CC(=O)N[C@H](C)c2cccc(Br)c2)C2CCCCC2)cc1. The van der Waals surface area contributed by atoms with E-state index in [9.17, 15) is 13.2 Å². The number of nitrogens with one attached hydrogen (secondary N) is 1. The predicted octanol–water partition coefficient (Wildman–Crippen LogP) is 5.05. The number of carbonyl (C=O) groups is 1. The molecule has 32 heavy (non-hydrogen) atoms. The second-order valence-corrected chi connectivity index (χ2v) is 10.9. The Morgan fingerprint density at radius 1 is 1.16 bits per heavy atom. The summed E-state index contributed by atoms with van der Waals surface area (Å²) in [4.78, 5) is 13.1. The molecule has 2 aromatic carbocycles. The third-order valence-electron chi connectivity index (χ3n) is 5.75. The molecular weight excluding hydrogens is 492 g/mol. The molecule has 0 aliphatic heterocycles. The second-order valence-electron chi connectivity index (χ2n) is 8.09. The van der Waals surface area contributed by atoms with Crippen molar-refractivity contribution in [1.29, 1.82) is 0 Å². The van der Waals surface area contributed by atoms with Gasteiger partial charge < -0.3 is 10.1 Å². The molecule has 6 nitrogen and oxygen atoms in total. The molecule has 0 bridgehead atoms. The van der Waals surface area contributed by atoms with Crippen LogP contribution in [0.2, 0.25) is 0 Å². The van der Waals surface area contributed by atoms with Gasteiger partial charge in [-0.25, -0.2) is 8.42 Å². The first-order valence-corrected chi connectivity index (χ1v) is 13.3. The highest BCUT2D eigenvalue weighted by atomic mass is 79.9. The van der Waals surface area contributed by atoms with E-state index in [-0.39, 0.29) is 29.4 Å². The zero-order valence-electron chi connectivity index (χ0n) is 18.6. The van der Waals surface area contributed by atoms with Gasteiger partial charge in [0.05, 0.1) is 24.1 Å². The van der Waals surface area contributed by atoms with Crippen LogP contribution in [0, 0.1) is 0 Å². The minimum Gasteiger partial charge on any atom is -0.494 e. The number of carbonyl (C=O) groups excluding carboxylic acids is 1. The second kappa shape index (κ2) is 11.3. The summed E-state index contributed by atoms with van der Waals surface area (Å²) in [5.74, 6) is 0.314. The molecule has 2 aromatic rings. The molecule has 1 saturated carbocycles. The maximum atomic E-state index is 13.5. The Labute approximate surface area is 199 Å². The molecule has 1 amide bonds. The summed E-state index contributed by atoms with van der Waals surface area (Å²) in [5, 5.41) is 2.96. The van der Waals surface area contributed by atoms with Crippen molar-refractivity contribution in [1.82, 2.24) is 9.62 Å². The van der Waals surface area contributed by atoms with Crippen molar-refractivity contribution in [2.45, 2.75) is 62.9 Å². The fourth-order valence-electron chi connectivity index (χ4n) is 4.08. The number of amides is 1. The third-order valence-corrected chi connectivity index (χ3v) is 8.15. The zero-order valence-corrected chi connectivity index (χ0v) is 21.0. The van der Waals surface area contributed by atoms with Crippen molar-refractivity contribution in [2.75, 3.05) is 13.2 Å². The molecule has 1 atom stereocenters. The quantitative estimate of drug-likeness (QED) is 0.499. The van der Waals surface area contributed by atoms with Gasteiger partial charge in [-0.05, 0) is 68.7 Å². The monoisotopic (exact) mass is 522 g/mol. The van der Waals surface area contributed by atoms with E-state index in [4.69, 9.17) is 4.74 Å². The smallest absolute Gasteiger partial charge is 0.243 e. The molecule has 0 spiro atoms. The van der Waals surface area contributed by atoms with Crippen LogP contribution in [0.25, 0.3) is 0 Å². The van der Waals surface area contributed by atoms with Gasteiger partial charge in [0.1, 0.15) is 5.75 Å². The summed E-state index contributed by atoms with van der Waals surface area (Å²) < 4.78 is 34.8. The molecule has 0 heterocycles. The van der Waals surface area contributed by atoms with Crippen LogP contribution < -0.4 is 10.1 Å². The number of sulfonamides is 1. The highest BCUT2D eigenvalue weighted by molar-refractivity contribution is 9.10. The lowest BCUT2D eigenvalue weighted by molar-refractivity contribution is -0.122. The summed E-state index contributed by atoms with van der Waals surface area (Å²) in [6, 6.07) is 13.7. The molecule has 0 unspecified atom stereocenters. The van der Waals surface area contributed by atoms with Gasteiger partial charge in [0.2, 0.25) is 15.9 Å². The maximum Gasteiger partial charge on any atom is 0.243 e. The van der Waals surface area contributed by atoms with Crippen LogP contribution in [0.1, 0.15) is 57.6 Å². The summed E-state index contributed by atoms with van der Waals surface area (Å²) in [6.07, 6.45) is 4.57. The first kappa shape index (κ1) is 24.7. The lowest BCUT2D eigenvalue weighted by Crippen LogP contribution is -2.47. The Bertz CT molecular complexity index is 1000. The van der Waals surface area contributed by atoms with E-state index in [1.165, 1.54) is 4.31 Å². The average Bonchev–Trinajstić information content (AvgIpc) is 2.78. The Morgan fingerprint density at radius 2 is 1.84 bits per heavy atom. The molecular formula is C24H31BrN2O4S. The van der Waals surface area contributed by atoms with Gasteiger partial charge in [0.25, 0.3) is 0 Å². The Morgan fingerprint density at radius 3 is 2.47 bits per heavy atom. The zero-order chi connectivity index (χ0) is 23.1. The summed E-state index contributed by atoms with van der Waals surface area (Å²) >= 11 is 3.45. The fourth-order valence-corrected chi connectivity index (χ4v) is 6.14. The highest BCUT2D eigenvalue weighted by Gasteiger charge is 2.34. The molecule has 1 aliphatic carbocycles. The number of hydrogen-bond donors (Lipinski definition) is 1. The van der Waals surface area contributed by atoms with Crippen molar-refractivity contribution < 1.29 is 17.9 Å². The number of rotatable bonds is 9. The van der Waals surface area contributed by atoms with Crippen LogP contribution in [-0.4, -0.2) is 37.8 Å². The van der Waals surface area contributed by atoms with E-state index in [2.05, 4.69) is 21.2 Å². The number of nitrogens with zero attached hydrogens (tertiary/aromatic N) is 1. The van der Waals surface area contributed by atoms with Crippen LogP contribution in [-0.2, 0) is 14.8 Å². The van der Waals surface area contributed by atoms with Crippen molar-refractivity contribution >= 4 is 31.9 Å². The first-order chi connectivity index (χ1) is 15.3. The van der Waals surface area contributed by atoms with Crippen LogP contribution in [0.3, 0.4) is 0 Å². The van der Waals surface area contributed by atoms with E-state index >= 15 is 0 Å². The van der Waals surface area contributed by atoms with Gasteiger partial charge in [-0.15, -0.1) is 0 Å². The van der Waals surface area contributed by atoms with Crippen molar-refractivity contribution in [3.63, 3.8) is 0 Å². The first-order valence-electron chi connectivity index (χ1n) is 11.1. The normalized spacial score (nSPS) is 16.0. The van der Waals surface area contributed by atoms with E-state index < -0.39 is 10.0 Å². The predicted molar refractivity (Wildman–Crippen MR) is 129 cm³/mol. The van der Waals surface area contributed by atoms with Gasteiger partial charge in [-0.2, -0.15) is 4.31 Å². The van der Waals surface area contributed by atoms with Gasteiger partial charge in [-0.3, -0.25) is 4.79 Å². The van der Waals surface area contributed by atoms with Crippen molar-refractivity contribution in [2.24, 2.45) is 0 Å². The lowest BCUT2D eigenvalue weighted by atomic mass is 9.95. The number of hydrogen-bond acceptors (Lipinski definition) is 4. The minimum absolute atomic E-state index is 0.174. The molecule has 174 valence electrons. The van der Waals surface area contributed by atoms with Crippen molar-refractivity contribution in [3.05, 3.63) is 58.6 Å². The molecule has 0 aromatic heterocycles. The standard InChI is InChI=1S/C24H31BrN2O4S/c1-3-31-22-12-14-23(15-13-22)32(29,30)27(21-10-5-4-6-11-21)17-24(28)26-18(2)19-8-7-9-20(25)16-19/h7-9,12-16,18,21H,3-6,10-11,17H2,1-2H3,(H,26,28)/t18-/m1/s1. The van der Waals surface area contributed by atoms with Crippen LogP contribution in [0.4, 0.5) is 0 Å². The van der Waals surface area contributed by atoms with E-state index in [0.29, 0.717) is 12.4 Å². The summed E-state index contributed by atoms with van der Waals surface area (Å²) in [5.41, 5.74) is 0.950. The van der Waals surface area contributed by atoms with Crippen LogP contribution in [0.15, 0.2) is 57.9 Å². The van der Waals surface area contributed by atoms with Gasteiger partial charge in [0.15, 0.2) is 0 Å². The Kier molecular flexibility index (Phi) is 8.73. The largest absolute Gasteiger partial charge is 0.494 e. The lowest BCUT2D eigenvalue weighted by Gasteiger charge is -2.33. The molecule has 1 fully saturated rings. The van der Waals surface area contributed by atoms with Gasteiger partial charge in [0, 0.05) is 10.5 Å². The highest BCUT2D eigenvalue weighted by Crippen LogP contribution is 2.29. The van der Waals surface area contributed by atoms with Gasteiger partial charge >= 0.3 is 0 Å². The van der Waals surface area contributed by atoms with E-state index in [1.54, 1.807) is 24.3 Å². The Hall–Kier alpha value is -1.90.